The maximum atomic E-state index is 12.3. The first-order valence-electron chi connectivity index (χ1n) is 9.40. The summed E-state index contributed by atoms with van der Waals surface area (Å²) < 4.78 is 4.91. The van der Waals surface area contributed by atoms with Crippen LogP contribution in [-0.2, 0) is 14.3 Å². The quantitative estimate of drug-likeness (QED) is 0.345. The summed E-state index contributed by atoms with van der Waals surface area (Å²) in [6, 6.07) is 12.9. The van der Waals surface area contributed by atoms with Crippen LogP contribution in [0.25, 0.3) is 0 Å². The smallest absolute Gasteiger partial charge is 0.338 e. The third kappa shape index (κ3) is 6.16. The van der Waals surface area contributed by atoms with E-state index in [4.69, 9.17) is 4.74 Å². The summed E-state index contributed by atoms with van der Waals surface area (Å²) in [6.45, 7) is 2.00. The van der Waals surface area contributed by atoms with E-state index in [9.17, 15) is 19.5 Å². The minimum Gasteiger partial charge on any atom is -0.507 e. The van der Waals surface area contributed by atoms with Crippen molar-refractivity contribution < 1.29 is 24.2 Å². The average molecular weight is 440 g/mol. The Morgan fingerprint density at radius 3 is 2.68 bits per heavy atom. The number of aromatic hydroxyl groups is 1. The third-order valence-corrected chi connectivity index (χ3v) is 5.18. The van der Waals surface area contributed by atoms with Crippen molar-refractivity contribution in [1.82, 2.24) is 5.32 Å². The van der Waals surface area contributed by atoms with Crippen molar-refractivity contribution in [2.45, 2.75) is 18.6 Å². The largest absolute Gasteiger partial charge is 0.507 e. The van der Waals surface area contributed by atoms with Crippen molar-refractivity contribution in [2.75, 3.05) is 11.9 Å². The van der Waals surface area contributed by atoms with E-state index < -0.39 is 11.2 Å². The van der Waals surface area contributed by atoms with Crippen molar-refractivity contribution in [3.05, 3.63) is 59.7 Å². The fourth-order valence-corrected chi connectivity index (χ4v) is 3.54. The molecule has 1 heterocycles. The fraction of sp³-hybridized carbons (Fsp3) is 0.190. The van der Waals surface area contributed by atoms with E-state index in [2.05, 4.69) is 20.8 Å². The maximum Gasteiger partial charge on any atom is 0.338 e. The van der Waals surface area contributed by atoms with Gasteiger partial charge in [0, 0.05) is 17.7 Å². The number of carbonyl (C=O) groups is 3. The van der Waals surface area contributed by atoms with E-state index in [0.717, 1.165) is 11.8 Å². The molecule has 1 unspecified atom stereocenters. The van der Waals surface area contributed by atoms with Crippen molar-refractivity contribution in [3.63, 3.8) is 0 Å². The van der Waals surface area contributed by atoms with Gasteiger partial charge in [-0.3, -0.25) is 9.59 Å². The molecule has 2 aromatic rings. The SMILES string of the molecule is CCOC(=O)c1ccc(NC(=O)CC2SC(=NN=Cc3ccccc3O)NC2=O)cc1. The number of thioether (sulfide) groups is 1. The van der Waals surface area contributed by atoms with Gasteiger partial charge in [0.2, 0.25) is 11.8 Å². The van der Waals surface area contributed by atoms with Crippen LogP contribution in [0.2, 0.25) is 0 Å². The molecule has 3 rings (SSSR count). The summed E-state index contributed by atoms with van der Waals surface area (Å²) in [5, 5.41) is 22.4. The van der Waals surface area contributed by atoms with Crippen molar-refractivity contribution in [2.24, 2.45) is 10.2 Å². The average Bonchev–Trinajstić information content (AvgIpc) is 3.09. The van der Waals surface area contributed by atoms with Gasteiger partial charge in [-0.2, -0.15) is 5.10 Å². The monoisotopic (exact) mass is 440 g/mol. The van der Waals surface area contributed by atoms with Gasteiger partial charge in [-0.05, 0) is 43.3 Å². The van der Waals surface area contributed by atoms with Gasteiger partial charge >= 0.3 is 5.97 Å². The van der Waals surface area contributed by atoms with Crippen LogP contribution < -0.4 is 10.6 Å². The van der Waals surface area contributed by atoms with Crippen LogP contribution >= 0.6 is 11.8 Å². The van der Waals surface area contributed by atoms with Crippen LogP contribution in [-0.4, -0.2) is 46.1 Å². The Balaban J connectivity index is 1.53. The minimum absolute atomic E-state index is 0.0572. The topological polar surface area (TPSA) is 129 Å². The first-order valence-corrected chi connectivity index (χ1v) is 10.3. The van der Waals surface area contributed by atoms with Crippen LogP contribution in [0.1, 0.15) is 29.3 Å². The summed E-state index contributed by atoms with van der Waals surface area (Å²) in [4.78, 5) is 36.0. The number of amidine groups is 1. The van der Waals surface area contributed by atoms with Crippen LogP contribution in [0.15, 0.2) is 58.7 Å². The number of amides is 2. The number of esters is 1. The van der Waals surface area contributed by atoms with Gasteiger partial charge in [0.1, 0.15) is 11.0 Å². The molecule has 2 amide bonds. The van der Waals surface area contributed by atoms with E-state index in [1.54, 1.807) is 49.4 Å². The van der Waals surface area contributed by atoms with Gasteiger partial charge in [-0.1, -0.05) is 23.9 Å². The van der Waals surface area contributed by atoms with Crippen molar-refractivity contribution >= 4 is 46.6 Å². The lowest BCUT2D eigenvalue weighted by Crippen LogP contribution is -2.28. The van der Waals surface area contributed by atoms with Gasteiger partial charge in [-0.15, -0.1) is 5.10 Å². The van der Waals surface area contributed by atoms with E-state index in [1.165, 1.54) is 12.3 Å². The number of benzene rings is 2. The Bertz CT molecular complexity index is 1040. The molecule has 9 nitrogen and oxygen atoms in total. The predicted molar refractivity (Wildman–Crippen MR) is 118 cm³/mol. The molecular weight excluding hydrogens is 420 g/mol. The van der Waals surface area contributed by atoms with Gasteiger partial charge in [-0.25, -0.2) is 4.79 Å². The van der Waals surface area contributed by atoms with Crippen LogP contribution in [0.5, 0.6) is 5.75 Å². The number of rotatable bonds is 7. The lowest BCUT2D eigenvalue weighted by molar-refractivity contribution is -0.122. The lowest BCUT2D eigenvalue weighted by Gasteiger charge is -2.08. The highest BCUT2D eigenvalue weighted by molar-refractivity contribution is 8.15. The second-order valence-corrected chi connectivity index (χ2v) is 7.55. The summed E-state index contributed by atoms with van der Waals surface area (Å²) in [6.07, 6.45) is 1.31. The summed E-state index contributed by atoms with van der Waals surface area (Å²) in [7, 11) is 0. The zero-order valence-electron chi connectivity index (χ0n) is 16.6. The molecule has 1 aliphatic heterocycles. The Kier molecular flexibility index (Phi) is 7.39. The van der Waals surface area contributed by atoms with Gasteiger partial charge in [0.15, 0.2) is 5.17 Å². The molecule has 31 heavy (non-hydrogen) atoms. The minimum atomic E-state index is -0.641. The molecule has 2 aromatic carbocycles. The zero-order chi connectivity index (χ0) is 22.2. The highest BCUT2D eigenvalue weighted by Crippen LogP contribution is 2.23. The zero-order valence-corrected chi connectivity index (χ0v) is 17.4. The maximum absolute atomic E-state index is 12.3. The molecule has 1 fully saturated rings. The Hall–Kier alpha value is -3.66. The normalized spacial score (nSPS) is 17.0. The number of para-hydroxylation sites is 1. The number of phenols is 1. The van der Waals surface area contributed by atoms with E-state index in [1.807, 2.05) is 0 Å². The highest BCUT2D eigenvalue weighted by atomic mass is 32.2. The van der Waals surface area contributed by atoms with E-state index in [0.29, 0.717) is 16.8 Å². The van der Waals surface area contributed by atoms with Crippen molar-refractivity contribution in [1.29, 1.82) is 0 Å². The van der Waals surface area contributed by atoms with Gasteiger partial charge < -0.3 is 20.5 Å². The number of ether oxygens (including phenoxy) is 1. The molecular formula is C21H20N4O5S. The molecule has 1 saturated heterocycles. The number of anilines is 1. The molecule has 0 bridgehead atoms. The second kappa shape index (κ2) is 10.4. The molecule has 1 aliphatic rings. The molecule has 0 radical (unpaired) electrons. The predicted octanol–water partition coefficient (Wildman–Crippen LogP) is 2.52. The number of nitrogens with one attached hydrogen (secondary N) is 2. The van der Waals surface area contributed by atoms with Gasteiger partial charge in [0.05, 0.1) is 18.4 Å². The molecule has 1 atom stereocenters. The number of carbonyl (C=O) groups excluding carboxylic acids is 3. The molecule has 160 valence electrons. The van der Waals surface area contributed by atoms with Crippen LogP contribution in [0.4, 0.5) is 5.69 Å². The third-order valence-electron chi connectivity index (χ3n) is 4.11. The number of hydrogen-bond donors (Lipinski definition) is 3. The van der Waals surface area contributed by atoms with Crippen molar-refractivity contribution in [3.8, 4) is 5.75 Å². The van der Waals surface area contributed by atoms with Crippen LogP contribution in [0.3, 0.4) is 0 Å². The van der Waals surface area contributed by atoms with E-state index in [-0.39, 0.29) is 35.8 Å². The first-order chi connectivity index (χ1) is 15.0. The first kappa shape index (κ1) is 22.0. The Labute approximate surface area is 182 Å². The highest BCUT2D eigenvalue weighted by Gasteiger charge is 2.32. The number of hydrogen-bond acceptors (Lipinski definition) is 8. The summed E-state index contributed by atoms with van der Waals surface area (Å²) in [5.74, 6) is -1.06. The summed E-state index contributed by atoms with van der Waals surface area (Å²) >= 11 is 1.10. The molecule has 0 spiro atoms. The second-order valence-electron chi connectivity index (χ2n) is 6.35. The molecule has 3 N–H and O–H groups in total. The molecule has 0 aromatic heterocycles. The lowest BCUT2D eigenvalue weighted by atomic mass is 10.2. The number of phenolic OH excluding ortho intramolecular Hbond substituents is 1. The number of nitrogens with zero attached hydrogens (tertiary/aromatic N) is 2. The van der Waals surface area contributed by atoms with Crippen LogP contribution in [0, 0.1) is 0 Å². The van der Waals surface area contributed by atoms with E-state index >= 15 is 0 Å². The molecule has 0 aliphatic carbocycles. The Morgan fingerprint density at radius 1 is 1.23 bits per heavy atom. The molecule has 10 heteroatoms. The van der Waals surface area contributed by atoms with Gasteiger partial charge in [0.25, 0.3) is 0 Å². The fourth-order valence-electron chi connectivity index (χ4n) is 2.61. The Morgan fingerprint density at radius 2 is 1.97 bits per heavy atom. The standard InChI is InChI=1S/C21H20N4O5S/c1-2-30-20(29)13-7-9-15(10-8-13)23-18(27)11-17-19(28)24-21(31-17)25-22-12-14-5-3-4-6-16(14)26/h3-10,12,17,26H,2,11H2,1H3,(H,23,27)(H,24,25,28). The summed E-state index contributed by atoms with van der Waals surface area (Å²) in [5.41, 5.74) is 1.38. The molecule has 0 saturated carbocycles.